The molecule has 5 nitrogen and oxygen atoms in total. The van der Waals surface area contributed by atoms with E-state index in [4.69, 9.17) is 16.1 Å². The zero-order valence-corrected chi connectivity index (χ0v) is 10.8. The fourth-order valence-corrected chi connectivity index (χ4v) is 2.60. The van der Waals surface area contributed by atoms with Crippen LogP contribution in [0.4, 0.5) is 5.13 Å². The Kier molecular flexibility index (Phi) is 3.12. The minimum absolute atomic E-state index is 0.617. The van der Waals surface area contributed by atoms with Crippen LogP contribution >= 0.6 is 22.9 Å². The molecule has 2 heterocycles. The average Bonchev–Trinajstić information content (AvgIpc) is 2.97. The van der Waals surface area contributed by atoms with E-state index in [0.717, 1.165) is 15.3 Å². The van der Waals surface area contributed by atoms with Crippen molar-refractivity contribution >= 4 is 38.3 Å². The van der Waals surface area contributed by atoms with Crippen LogP contribution in [0.25, 0.3) is 10.2 Å². The van der Waals surface area contributed by atoms with Crippen LogP contribution in [0.5, 0.6) is 0 Å². The first-order valence-electron chi connectivity index (χ1n) is 5.37. The standard InChI is InChI=1S/C11H9ClN4OS/c12-7-1-2-9-8(5-7)16-11(18-9)13-4-3-10-14-6-15-17-10/h1-2,5-6H,3-4H2,(H,13,16). The van der Waals surface area contributed by atoms with Crippen LogP contribution in [0.3, 0.4) is 0 Å². The predicted octanol–water partition coefficient (Wildman–Crippen LogP) is 2.99. The van der Waals surface area contributed by atoms with Gasteiger partial charge in [-0.1, -0.05) is 28.1 Å². The number of fused-ring (bicyclic) bond motifs is 1. The van der Waals surface area contributed by atoms with Gasteiger partial charge in [-0.05, 0) is 18.2 Å². The highest BCUT2D eigenvalue weighted by Gasteiger charge is 2.04. The highest BCUT2D eigenvalue weighted by atomic mass is 35.5. The van der Waals surface area contributed by atoms with Crippen LogP contribution in [0.2, 0.25) is 5.02 Å². The number of aromatic nitrogens is 3. The molecule has 1 N–H and O–H groups in total. The van der Waals surface area contributed by atoms with E-state index < -0.39 is 0 Å². The first-order chi connectivity index (χ1) is 8.81. The number of thiazole rings is 1. The van der Waals surface area contributed by atoms with E-state index in [9.17, 15) is 0 Å². The van der Waals surface area contributed by atoms with Crippen molar-refractivity contribution < 1.29 is 4.52 Å². The van der Waals surface area contributed by atoms with Gasteiger partial charge in [0.1, 0.15) is 0 Å². The third kappa shape index (κ3) is 2.44. The number of halogens is 1. The largest absolute Gasteiger partial charge is 0.361 e. The summed E-state index contributed by atoms with van der Waals surface area (Å²) in [6.07, 6.45) is 2.08. The Morgan fingerprint density at radius 1 is 1.39 bits per heavy atom. The van der Waals surface area contributed by atoms with Gasteiger partial charge < -0.3 is 9.84 Å². The monoisotopic (exact) mass is 280 g/mol. The van der Waals surface area contributed by atoms with Crippen LogP contribution in [-0.2, 0) is 6.42 Å². The molecule has 0 fully saturated rings. The van der Waals surface area contributed by atoms with Gasteiger partial charge >= 0.3 is 0 Å². The van der Waals surface area contributed by atoms with Gasteiger partial charge in [-0.25, -0.2) is 4.98 Å². The normalized spacial score (nSPS) is 10.9. The highest BCUT2D eigenvalue weighted by Crippen LogP contribution is 2.27. The smallest absolute Gasteiger partial charge is 0.228 e. The molecular weight excluding hydrogens is 272 g/mol. The van der Waals surface area contributed by atoms with Crippen molar-refractivity contribution in [3.63, 3.8) is 0 Å². The molecule has 0 radical (unpaired) electrons. The predicted molar refractivity (Wildman–Crippen MR) is 71.1 cm³/mol. The maximum Gasteiger partial charge on any atom is 0.228 e. The molecule has 0 saturated carbocycles. The maximum atomic E-state index is 5.92. The Labute approximate surface area is 112 Å². The summed E-state index contributed by atoms with van der Waals surface area (Å²) in [5.74, 6) is 0.617. The molecule has 1 aromatic carbocycles. The van der Waals surface area contributed by atoms with Gasteiger partial charge in [-0.15, -0.1) is 0 Å². The van der Waals surface area contributed by atoms with Crippen molar-refractivity contribution in [2.24, 2.45) is 0 Å². The molecule has 0 spiro atoms. The van der Waals surface area contributed by atoms with Crippen molar-refractivity contribution in [1.29, 1.82) is 0 Å². The van der Waals surface area contributed by atoms with Crippen LogP contribution < -0.4 is 5.32 Å². The number of nitrogens with zero attached hydrogens (tertiary/aromatic N) is 3. The number of rotatable bonds is 4. The topological polar surface area (TPSA) is 63.8 Å². The Morgan fingerprint density at radius 2 is 2.33 bits per heavy atom. The minimum atomic E-state index is 0.617. The summed E-state index contributed by atoms with van der Waals surface area (Å²) in [6, 6.07) is 5.69. The van der Waals surface area contributed by atoms with Gasteiger partial charge in [-0.2, -0.15) is 4.98 Å². The van der Waals surface area contributed by atoms with Crippen molar-refractivity contribution in [2.75, 3.05) is 11.9 Å². The average molecular weight is 281 g/mol. The van der Waals surface area contributed by atoms with Gasteiger partial charge in [0.2, 0.25) is 5.89 Å². The van der Waals surface area contributed by atoms with E-state index in [1.807, 2.05) is 18.2 Å². The molecule has 0 bridgehead atoms. The molecule has 0 unspecified atom stereocenters. The Hall–Kier alpha value is -1.66. The van der Waals surface area contributed by atoms with Gasteiger partial charge in [0.15, 0.2) is 11.5 Å². The molecule has 18 heavy (non-hydrogen) atoms. The first kappa shape index (κ1) is 11.4. The van der Waals surface area contributed by atoms with Crippen molar-refractivity contribution in [3.05, 3.63) is 35.4 Å². The summed E-state index contributed by atoms with van der Waals surface area (Å²) in [5.41, 5.74) is 0.910. The van der Waals surface area contributed by atoms with E-state index in [2.05, 4.69) is 20.4 Å². The van der Waals surface area contributed by atoms with Crippen LogP contribution in [-0.4, -0.2) is 21.7 Å². The molecule has 0 aliphatic rings. The number of hydrogen-bond donors (Lipinski definition) is 1. The third-order valence-electron chi connectivity index (χ3n) is 2.37. The lowest BCUT2D eigenvalue weighted by Crippen LogP contribution is -2.04. The lowest BCUT2D eigenvalue weighted by molar-refractivity contribution is 0.380. The molecule has 7 heteroatoms. The molecule has 0 amide bonds. The second-order valence-electron chi connectivity index (χ2n) is 3.64. The SMILES string of the molecule is Clc1ccc2sc(NCCc3ncno3)nc2c1. The minimum Gasteiger partial charge on any atom is -0.361 e. The molecule has 2 aromatic heterocycles. The summed E-state index contributed by atoms with van der Waals surface area (Å²) in [6.45, 7) is 0.704. The molecule has 92 valence electrons. The summed E-state index contributed by atoms with van der Waals surface area (Å²) < 4.78 is 6.02. The lowest BCUT2D eigenvalue weighted by atomic mass is 10.3. The van der Waals surface area contributed by atoms with Crippen molar-refractivity contribution in [1.82, 2.24) is 15.1 Å². The molecule has 0 saturated heterocycles. The van der Waals surface area contributed by atoms with Crippen LogP contribution in [0.1, 0.15) is 5.89 Å². The van der Waals surface area contributed by atoms with Gasteiger partial charge in [0.25, 0.3) is 0 Å². The van der Waals surface area contributed by atoms with E-state index in [-0.39, 0.29) is 0 Å². The van der Waals surface area contributed by atoms with E-state index in [1.54, 1.807) is 11.3 Å². The third-order valence-corrected chi connectivity index (χ3v) is 3.60. The molecule has 3 aromatic rings. The molecule has 0 aliphatic heterocycles. The number of benzene rings is 1. The van der Waals surface area contributed by atoms with E-state index >= 15 is 0 Å². The Morgan fingerprint density at radius 3 is 3.17 bits per heavy atom. The molecule has 0 aliphatic carbocycles. The number of anilines is 1. The van der Waals surface area contributed by atoms with Gasteiger partial charge in [0.05, 0.1) is 10.2 Å². The molecule has 3 rings (SSSR count). The van der Waals surface area contributed by atoms with E-state index in [0.29, 0.717) is 23.9 Å². The summed E-state index contributed by atoms with van der Waals surface area (Å²) >= 11 is 7.51. The number of nitrogens with one attached hydrogen (secondary N) is 1. The second-order valence-corrected chi connectivity index (χ2v) is 5.11. The highest BCUT2D eigenvalue weighted by molar-refractivity contribution is 7.22. The van der Waals surface area contributed by atoms with Crippen molar-refractivity contribution in [3.8, 4) is 0 Å². The first-order valence-corrected chi connectivity index (χ1v) is 6.56. The summed E-state index contributed by atoms with van der Waals surface area (Å²) in [7, 11) is 0. The van der Waals surface area contributed by atoms with Crippen LogP contribution in [0.15, 0.2) is 29.0 Å². The van der Waals surface area contributed by atoms with E-state index in [1.165, 1.54) is 6.33 Å². The van der Waals surface area contributed by atoms with Crippen molar-refractivity contribution in [2.45, 2.75) is 6.42 Å². The summed E-state index contributed by atoms with van der Waals surface area (Å²) in [5, 5.41) is 8.35. The molecule has 0 atom stereocenters. The second kappa shape index (κ2) is 4.91. The fourth-order valence-electron chi connectivity index (χ4n) is 1.56. The maximum absolute atomic E-state index is 5.92. The quantitative estimate of drug-likeness (QED) is 0.796. The van der Waals surface area contributed by atoms with Crippen LogP contribution in [0, 0.1) is 0 Å². The zero-order chi connectivity index (χ0) is 12.4. The zero-order valence-electron chi connectivity index (χ0n) is 9.26. The summed E-state index contributed by atoms with van der Waals surface area (Å²) in [4.78, 5) is 8.40. The lowest BCUT2D eigenvalue weighted by Gasteiger charge is -1.97. The Balaban J connectivity index is 1.67. The number of hydrogen-bond acceptors (Lipinski definition) is 6. The molecular formula is C11H9ClN4OS. The Bertz CT molecular complexity index is 652. The fraction of sp³-hybridized carbons (Fsp3) is 0.182. The van der Waals surface area contributed by atoms with Gasteiger partial charge in [-0.3, -0.25) is 0 Å². The van der Waals surface area contributed by atoms with Gasteiger partial charge in [0, 0.05) is 18.0 Å².